The summed E-state index contributed by atoms with van der Waals surface area (Å²) in [6.45, 7) is 4.05. The molecule has 0 spiro atoms. The first-order valence-corrected chi connectivity index (χ1v) is 7.75. The average molecular weight is 327 g/mol. The second-order valence-corrected chi connectivity index (χ2v) is 5.81. The molecule has 1 fully saturated rings. The van der Waals surface area contributed by atoms with Crippen LogP contribution in [0.2, 0.25) is 0 Å². The number of fused-ring (bicyclic) bond motifs is 1. The topological polar surface area (TPSA) is 101 Å². The van der Waals surface area contributed by atoms with E-state index in [0.717, 1.165) is 5.56 Å². The molecule has 0 amide bonds. The molecule has 0 atom stereocenters. The molecule has 2 aliphatic rings. The molecule has 1 heterocycles. The maximum absolute atomic E-state index is 12.7. The number of ketones is 2. The average Bonchev–Trinajstić information content (AvgIpc) is 3.14. The van der Waals surface area contributed by atoms with E-state index in [1.807, 2.05) is 0 Å². The highest BCUT2D eigenvalue weighted by Gasteiger charge is 2.51. The van der Waals surface area contributed by atoms with Gasteiger partial charge in [-0.15, -0.1) is 6.58 Å². The minimum atomic E-state index is -1.21. The lowest BCUT2D eigenvalue weighted by Crippen LogP contribution is -2.38. The van der Waals surface area contributed by atoms with Gasteiger partial charge in [0, 0.05) is 24.3 Å². The highest BCUT2D eigenvalue weighted by Crippen LogP contribution is 2.45. The summed E-state index contributed by atoms with van der Waals surface area (Å²) < 4.78 is 10.8. The van der Waals surface area contributed by atoms with Crippen molar-refractivity contribution in [3.05, 3.63) is 46.4 Å². The number of allylic oxidation sites excluding steroid dienone is 1. The maximum Gasteiger partial charge on any atom is 0.231 e. The number of carbonyl (C=O) groups is 2. The molecule has 1 aromatic rings. The molecular weight excluding hydrogens is 310 g/mol. The van der Waals surface area contributed by atoms with Crippen LogP contribution in [0.3, 0.4) is 0 Å². The number of azide groups is 1. The van der Waals surface area contributed by atoms with Crippen molar-refractivity contribution in [1.82, 2.24) is 0 Å². The Morgan fingerprint density at radius 3 is 2.54 bits per heavy atom. The van der Waals surface area contributed by atoms with Crippen molar-refractivity contribution in [2.24, 2.45) is 5.11 Å². The fourth-order valence-corrected chi connectivity index (χ4v) is 3.47. The second-order valence-electron chi connectivity index (χ2n) is 5.81. The van der Waals surface area contributed by atoms with Gasteiger partial charge in [0.2, 0.25) is 6.79 Å². The van der Waals surface area contributed by atoms with Crippen LogP contribution in [0.25, 0.3) is 10.4 Å². The third-order valence-electron chi connectivity index (χ3n) is 4.58. The van der Waals surface area contributed by atoms with Crippen LogP contribution in [0.15, 0.2) is 29.9 Å². The number of carbonyl (C=O) groups excluding carboxylic acids is 2. The number of nitrogens with zero attached hydrogens (tertiary/aromatic N) is 3. The molecule has 1 saturated carbocycles. The summed E-state index contributed by atoms with van der Waals surface area (Å²) in [5.74, 6) is 0.891. The van der Waals surface area contributed by atoms with Crippen LogP contribution < -0.4 is 9.47 Å². The summed E-state index contributed by atoms with van der Waals surface area (Å²) >= 11 is 0. The molecule has 1 aromatic carbocycles. The molecule has 0 unspecified atom stereocenters. The first-order chi connectivity index (χ1) is 11.6. The predicted octanol–water partition coefficient (Wildman–Crippen LogP) is 3.01. The minimum Gasteiger partial charge on any atom is -0.454 e. The first kappa shape index (κ1) is 16.1. The Hall–Kier alpha value is -2.79. The standard InChI is InChI=1S/C17H17N3O4/c1-2-6-17(15(21)3-4-16(17)22)12-9-14-13(23-10-24-14)8-11(12)5-7-19-20-18/h2,8-9H,1,3-7,10H2. The van der Waals surface area contributed by atoms with Crippen LogP contribution in [-0.4, -0.2) is 24.9 Å². The number of hydrogen-bond donors (Lipinski definition) is 0. The van der Waals surface area contributed by atoms with Gasteiger partial charge in [-0.1, -0.05) is 11.2 Å². The van der Waals surface area contributed by atoms with Crippen molar-refractivity contribution in [2.75, 3.05) is 13.3 Å². The molecule has 0 aromatic heterocycles. The summed E-state index contributed by atoms with van der Waals surface area (Å²) in [7, 11) is 0. The normalized spacial score (nSPS) is 17.7. The number of hydrogen-bond acceptors (Lipinski definition) is 5. The highest BCUT2D eigenvalue weighted by atomic mass is 16.7. The summed E-state index contributed by atoms with van der Waals surface area (Å²) in [6.07, 6.45) is 2.73. The zero-order valence-electron chi connectivity index (χ0n) is 13.2. The van der Waals surface area contributed by atoms with E-state index in [4.69, 9.17) is 15.0 Å². The molecule has 1 aliphatic carbocycles. The van der Waals surface area contributed by atoms with Crippen molar-refractivity contribution in [2.45, 2.75) is 31.1 Å². The van der Waals surface area contributed by atoms with Crippen molar-refractivity contribution >= 4 is 11.6 Å². The number of ether oxygens (including phenoxy) is 2. The molecule has 1 aliphatic heterocycles. The molecule has 3 rings (SSSR count). The Bertz CT molecular complexity index is 749. The van der Waals surface area contributed by atoms with E-state index < -0.39 is 5.41 Å². The summed E-state index contributed by atoms with van der Waals surface area (Å²) in [4.78, 5) is 28.1. The Labute approximate surface area is 138 Å². The monoisotopic (exact) mass is 327 g/mol. The van der Waals surface area contributed by atoms with Gasteiger partial charge in [0.15, 0.2) is 23.1 Å². The molecular formula is C17H17N3O4. The van der Waals surface area contributed by atoms with Gasteiger partial charge in [-0.3, -0.25) is 9.59 Å². The molecule has 0 radical (unpaired) electrons. The summed E-state index contributed by atoms with van der Waals surface area (Å²) in [6, 6.07) is 3.49. The van der Waals surface area contributed by atoms with Crippen LogP contribution in [0.1, 0.15) is 30.4 Å². The third-order valence-corrected chi connectivity index (χ3v) is 4.58. The Balaban J connectivity index is 2.16. The molecule has 7 heteroatoms. The predicted molar refractivity (Wildman–Crippen MR) is 86.0 cm³/mol. The van der Waals surface area contributed by atoms with Gasteiger partial charge in [-0.2, -0.15) is 0 Å². The lowest BCUT2D eigenvalue weighted by Gasteiger charge is -2.28. The van der Waals surface area contributed by atoms with Gasteiger partial charge in [-0.05, 0) is 41.6 Å². The zero-order chi connectivity index (χ0) is 17.2. The maximum atomic E-state index is 12.7. The molecule has 124 valence electrons. The Morgan fingerprint density at radius 1 is 1.25 bits per heavy atom. The zero-order valence-corrected chi connectivity index (χ0v) is 13.2. The van der Waals surface area contributed by atoms with E-state index in [2.05, 4.69) is 16.6 Å². The van der Waals surface area contributed by atoms with E-state index in [1.54, 1.807) is 18.2 Å². The molecule has 0 N–H and O–H groups in total. The van der Waals surface area contributed by atoms with E-state index >= 15 is 0 Å². The van der Waals surface area contributed by atoms with Gasteiger partial charge in [-0.25, -0.2) is 0 Å². The van der Waals surface area contributed by atoms with Crippen molar-refractivity contribution in [1.29, 1.82) is 0 Å². The van der Waals surface area contributed by atoms with Crippen LogP contribution in [-0.2, 0) is 21.4 Å². The quantitative estimate of drug-likeness (QED) is 0.263. The molecule has 7 nitrogen and oxygen atoms in total. The van der Waals surface area contributed by atoms with Crippen LogP contribution in [0, 0.1) is 0 Å². The van der Waals surface area contributed by atoms with Crippen LogP contribution in [0.5, 0.6) is 11.5 Å². The van der Waals surface area contributed by atoms with Gasteiger partial charge in [0.1, 0.15) is 5.41 Å². The Kier molecular flexibility index (Phi) is 4.27. The van der Waals surface area contributed by atoms with Gasteiger partial charge < -0.3 is 9.47 Å². The largest absolute Gasteiger partial charge is 0.454 e. The fourth-order valence-electron chi connectivity index (χ4n) is 3.47. The van der Waals surface area contributed by atoms with E-state index in [9.17, 15) is 9.59 Å². The van der Waals surface area contributed by atoms with E-state index in [0.29, 0.717) is 23.5 Å². The highest BCUT2D eigenvalue weighted by molar-refractivity contribution is 6.18. The molecule has 24 heavy (non-hydrogen) atoms. The summed E-state index contributed by atoms with van der Waals surface area (Å²) in [5, 5.41) is 3.55. The van der Waals surface area contributed by atoms with Gasteiger partial charge >= 0.3 is 0 Å². The second kappa shape index (κ2) is 6.37. The fraction of sp³-hybridized carbons (Fsp3) is 0.412. The van der Waals surface area contributed by atoms with Crippen molar-refractivity contribution in [3.63, 3.8) is 0 Å². The smallest absolute Gasteiger partial charge is 0.231 e. The SMILES string of the molecule is C=CCC1(c2cc3c(cc2CCN=[N+]=[N-])OCO3)C(=O)CCC1=O. The lowest BCUT2D eigenvalue weighted by atomic mass is 9.72. The minimum absolute atomic E-state index is 0.101. The first-order valence-electron chi connectivity index (χ1n) is 7.75. The number of rotatable bonds is 6. The van der Waals surface area contributed by atoms with Crippen LogP contribution >= 0.6 is 0 Å². The lowest BCUT2D eigenvalue weighted by molar-refractivity contribution is -0.129. The van der Waals surface area contributed by atoms with Crippen molar-refractivity contribution in [3.8, 4) is 11.5 Å². The van der Waals surface area contributed by atoms with Crippen molar-refractivity contribution < 1.29 is 19.1 Å². The summed E-state index contributed by atoms with van der Waals surface area (Å²) in [5.41, 5.74) is 8.66. The van der Waals surface area contributed by atoms with Gasteiger partial charge in [0.05, 0.1) is 0 Å². The van der Waals surface area contributed by atoms with Crippen LogP contribution in [0.4, 0.5) is 0 Å². The van der Waals surface area contributed by atoms with E-state index in [-0.39, 0.29) is 44.2 Å². The van der Waals surface area contributed by atoms with E-state index in [1.165, 1.54) is 0 Å². The third kappa shape index (κ3) is 2.43. The van der Waals surface area contributed by atoms with Gasteiger partial charge in [0.25, 0.3) is 0 Å². The molecule has 0 bridgehead atoms. The molecule has 0 saturated heterocycles. The number of Topliss-reactive ketones (excluding diaryl/α,β-unsaturated/α-hetero) is 2. The number of benzene rings is 1. The Morgan fingerprint density at radius 2 is 1.92 bits per heavy atom.